The predicted molar refractivity (Wildman–Crippen MR) is 80.1 cm³/mol. The van der Waals surface area contributed by atoms with Gasteiger partial charge in [0.1, 0.15) is 0 Å². The van der Waals surface area contributed by atoms with Crippen LogP contribution in [-0.4, -0.2) is 50.1 Å². The fraction of sp³-hybridized carbons (Fsp3) is 0.615. The Balaban J connectivity index is 1.71. The second-order valence-electron chi connectivity index (χ2n) is 4.75. The van der Waals surface area contributed by atoms with Gasteiger partial charge < -0.3 is 10.6 Å². The molecule has 1 aliphatic rings. The summed E-state index contributed by atoms with van der Waals surface area (Å²) in [7, 11) is 0. The third-order valence-electron chi connectivity index (χ3n) is 3.35. The Morgan fingerprint density at radius 3 is 2.89 bits per heavy atom. The topological polar surface area (TPSA) is 44.4 Å². The molecule has 1 aromatic rings. The highest BCUT2D eigenvalue weighted by atomic mass is 35.5. The molecule has 2 rings (SSSR count). The number of amides is 1. The van der Waals surface area contributed by atoms with Crippen molar-refractivity contribution >= 4 is 28.8 Å². The van der Waals surface area contributed by atoms with Gasteiger partial charge in [0.15, 0.2) is 0 Å². The van der Waals surface area contributed by atoms with Crippen LogP contribution in [0.1, 0.15) is 17.7 Å². The van der Waals surface area contributed by atoms with Crippen molar-refractivity contribution in [2.24, 2.45) is 0 Å². The molecule has 1 amide bonds. The monoisotopic (exact) mass is 301 g/mol. The second kappa shape index (κ2) is 7.24. The number of carbonyl (C=O) groups is 1. The first-order valence-electron chi connectivity index (χ1n) is 6.63. The molecule has 106 valence electrons. The highest BCUT2D eigenvalue weighted by Crippen LogP contribution is 2.27. The first-order valence-corrected chi connectivity index (χ1v) is 7.82. The Morgan fingerprint density at radius 1 is 1.53 bits per heavy atom. The van der Waals surface area contributed by atoms with E-state index in [1.165, 1.54) is 11.3 Å². The highest BCUT2D eigenvalue weighted by Gasteiger charge is 2.17. The molecule has 0 spiro atoms. The van der Waals surface area contributed by atoms with Crippen molar-refractivity contribution in [3.05, 3.63) is 21.3 Å². The van der Waals surface area contributed by atoms with Gasteiger partial charge in [-0.05, 0) is 19.1 Å². The Kier molecular flexibility index (Phi) is 5.63. The summed E-state index contributed by atoms with van der Waals surface area (Å²) in [6.07, 6.45) is 0. The van der Waals surface area contributed by atoms with E-state index in [0.29, 0.717) is 6.54 Å². The molecule has 0 aliphatic carbocycles. The predicted octanol–water partition coefficient (Wildman–Crippen LogP) is 1.53. The van der Waals surface area contributed by atoms with E-state index >= 15 is 0 Å². The number of hydrogen-bond acceptors (Lipinski definition) is 4. The number of halogens is 1. The minimum Gasteiger partial charge on any atom is -0.354 e. The van der Waals surface area contributed by atoms with Crippen molar-refractivity contribution in [3.63, 3.8) is 0 Å². The van der Waals surface area contributed by atoms with Crippen LogP contribution in [0.2, 0.25) is 4.34 Å². The maximum atomic E-state index is 12.0. The SMILES string of the molecule is C[C@@H](C(=O)NCCN1CCNCC1)c1ccc(Cl)s1. The first kappa shape index (κ1) is 14.8. The van der Waals surface area contributed by atoms with Crippen molar-refractivity contribution in [2.75, 3.05) is 39.3 Å². The van der Waals surface area contributed by atoms with Gasteiger partial charge >= 0.3 is 0 Å². The van der Waals surface area contributed by atoms with Gasteiger partial charge in [-0.2, -0.15) is 0 Å². The minimum absolute atomic E-state index is 0.0775. The lowest BCUT2D eigenvalue weighted by Gasteiger charge is -2.27. The molecule has 0 saturated carbocycles. The van der Waals surface area contributed by atoms with Crippen LogP contribution in [-0.2, 0) is 4.79 Å². The van der Waals surface area contributed by atoms with Crippen LogP contribution in [0, 0.1) is 0 Å². The zero-order valence-corrected chi connectivity index (χ0v) is 12.7. The molecule has 4 nitrogen and oxygen atoms in total. The molecule has 1 fully saturated rings. The lowest BCUT2D eigenvalue weighted by atomic mass is 10.1. The normalized spacial score (nSPS) is 18.2. The van der Waals surface area contributed by atoms with Crippen LogP contribution in [0.25, 0.3) is 0 Å². The average Bonchev–Trinajstić information content (AvgIpc) is 2.85. The Hall–Kier alpha value is -0.620. The molecular weight excluding hydrogens is 282 g/mol. The van der Waals surface area contributed by atoms with Crippen LogP contribution in [0.3, 0.4) is 0 Å². The van der Waals surface area contributed by atoms with Gasteiger partial charge in [-0.1, -0.05) is 11.6 Å². The second-order valence-corrected chi connectivity index (χ2v) is 6.49. The van der Waals surface area contributed by atoms with Gasteiger partial charge in [-0.15, -0.1) is 11.3 Å². The number of nitrogens with zero attached hydrogens (tertiary/aromatic N) is 1. The Labute approximate surface area is 123 Å². The van der Waals surface area contributed by atoms with Crippen molar-refractivity contribution < 1.29 is 4.79 Å². The lowest BCUT2D eigenvalue weighted by Crippen LogP contribution is -2.46. The molecule has 1 aliphatic heterocycles. The Morgan fingerprint density at radius 2 is 2.26 bits per heavy atom. The molecule has 19 heavy (non-hydrogen) atoms. The smallest absolute Gasteiger partial charge is 0.228 e. The summed E-state index contributed by atoms with van der Waals surface area (Å²) in [5, 5.41) is 6.32. The summed E-state index contributed by atoms with van der Waals surface area (Å²) < 4.78 is 0.732. The quantitative estimate of drug-likeness (QED) is 0.867. The first-order chi connectivity index (χ1) is 9.16. The van der Waals surface area contributed by atoms with Gasteiger partial charge in [-0.25, -0.2) is 0 Å². The molecule has 1 saturated heterocycles. The average molecular weight is 302 g/mol. The summed E-state index contributed by atoms with van der Waals surface area (Å²) in [6.45, 7) is 7.75. The summed E-state index contributed by atoms with van der Waals surface area (Å²) in [6, 6.07) is 3.76. The highest BCUT2D eigenvalue weighted by molar-refractivity contribution is 7.16. The molecule has 0 radical (unpaired) electrons. The summed E-state index contributed by atoms with van der Waals surface area (Å²) >= 11 is 7.36. The molecule has 0 bridgehead atoms. The zero-order chi connectivity index (χ0) is 13.7. The number of thiophene rings is 1. The van der Waals surface area contributed by atoms with Gasteiger partial charge in [0.2, 0.25) is 5.91 Å². The van der Waals surface area contributed by atoms with E-state index in [2.05, 4.69) is 15.5 Å². The molecule has 6 heteroatoms. The van der Waals surface area contributed by atoms with Crippen molar-refractivity contribution in [2.45, 2.75) is 12.8 Å². The van der Waals surface area contributed by atoms with Gasteiger partial charge in [-0.3, -0.25) is 9.69 Å². The van der Waals surface area contributed by atoms with Crippen LogP contribution >= 0.6 is 22.9 Å². The third kappa shape index (κ3) is 4.45. The number of hydrogen-bond donors (Lipinski definition) is 2. The maximum Gasteiger partial charge on any atom is 0.228 e. The van der Waals surface area contributed by atoms with E-state index in [1.807, 2.05) is 19.1 Å². The van der Waals surface area contributed by atoms with E-state index in [-0.39, 0.29) is 11.8 Å². The van der Waals surface area contributed by atoms with E-state index in [9.17, 15) is 4.79 Å². The van der Waals surface area contributed by atoms with Crippen LogP contribution in [0.5, 0.6) is 0 Å². The summed E-state index contributed by atoms with van der Waals surface area (Å²) in [5.41, 5.74) is 0. The molecule has 2 N–H and O–H groups in total. The summed E-state index contributed by atoms with van der Waals surface area (Å²) in [4.78, 5) is 15.4. The Bertz CT molecular complexity index is 418. The number of piperazine rings is 1. The van der Waals surface area contributed by atoms with Crippen molar-refractivity contribution in [1.82, 2.24) is 15.5 Å². The van der Waals surface area contributed by atoms with Crippen LogP contribution in [0.4, 0.5) is 0 Å². The third-order valence-corrected chi connectivity index (χ3v) is 4.76. The molecule has 0 aromatic carbocycles. The molecule has 0 unspecified atom stereocenters. The lowest BCUT2D eigenvalue weighted by molar-refractivity contribution is -0.122. The van der Waals surface area contributed by atoms with Crippen LogP contribution < -0.4 is 10.6 Å². The molecule has 2 heterocycles. The van der Waals surface area contributed by atoms with E-state index < -0.39 is 0 Å². The van der Waals surface area contributed by atoms with E-state index in [4.69, 9.17) is 11.6 Å². The standard InChI is InChI=1S/C13H20ClN3OS/c1-10(11-2-3-12(14)19-11)13(18)16-6-9-17-7-4-15-5-8-17/h2-3,10,15H,4-9H2,1H3,(H,16,18)/t10-/m1/s1. The maximum absolute atomic E-state index is 12.0. The van der Waals surface area contributed by atoms with Gasteiger partial charge in [0.25, 0.3) is 0 Å². The molecule has 1 atom stereocenters. The zero-order valence-electron chi connectivity index (χ0n) is 11.1. The minimum atomic E-state index is -0.125. The largest absolute Gasteiger partial charge is 0.354 e. The van der Waals surface area contributed by atoms with Crippen molar-refractivity contribution in [1.29, 1.82) is 0 Å². The molecular formula is C13H20ClN3OS. The number of rotatable bonds is 5. The van der Waals surface area contributed by atoms with Gasteiger partial charge in [0, 0.05) is 44.1 Å². The van der Waals surface area contributed by atoms with Crippen molar-refractivity contribution in [3.8, 4) is 0 Å². The van der Waals surface area contributed by atoms with E-state index in [0.717, 1.165) is 41.9 Å². The fourth-order valence-electron chi connectivity index (χ4n) is 2.12. The summed E-state index contributed by atoms with van der Waals surface area (Å²) in [5.74, 6) is -0.0471. The van der Waals surface area contributed by atoms with Crippen LogP contribution in [0.15, 0.2) is 12.1 Å². The number of carbonyl (C=O) groups excluding carboxylic acids is 1. The van der Waals surface area contributed by atoms with Gasteiger partial charge in [0.05, 0.1) is 10.3 Å². The number of nitrogens with one attached hydrogen (secondary N) is 2. The fourth-order valence-corrected chi connectivity index (χ4v) is 3.23. The van der Waals surface area contributed by atoms with E-state index in [1.54, 1.807) is 0 Å². The molecule has 1 aromatic heterocycles.